The number of halogens is 1. The van der Waals surface area contributed by atoms with E-state index in [9.17, 15) is 4.39 Å². The van der Waals surface area contributed by atoms with Gasteiger partial charge in [-0.25, -0.2) is 4.39 Å². The van der Waals surface area contributed by atoms with Gasteiger partial charge >= 0.3 is 0 Å². The fraction of sp³-hybridized carbons (Fsp3) is 0.412. The molecular weight excluding hydrogens is 265 g/mol. The van der Waals surface area contributed by atoms with Crippen molar-refractivity contribution in [3.63, 3.8) is 0 Å². The van der Waals surface area contributed by atoms with Crippen molar-refractivity contribution in [1.82, 2.24) is 15.3 Å². The highest BCUT2D eigenvalue weighted by Crippen LogP contribution is 2.39. The van der Waals surface area contributed by atoms with Crippen LogP contribution in [0.5, 0.6) is 0 Å². The first-order chi connectivity index (χ1) is 10.3. The molecule has 4 heteroatoms. The third-order valence-corrected chi connectivity index (χ3v) is 4.09. The zero-order valence-corrected chi connectivity index (χ0v) is 12.2. The number of aryl methyl sites for hydroxylation is 1. The normalized spacial score (nSPS) is 18.5. The molecule has 0 saturated heterocycles. The standard InChI is InChI=1S/C17H20FN3/c1-2-9-19-17(15-8-6-13(18)11-21-15)14-7-5-12-4-3-10-20-16(12)14/h3-4,6,8,10-11,14,17,19H,2,5,7,9H2,1H3. The molecule has 0 aliphatic heterocycles. The smallest absolute Gasteiger partial charge is 0.141 e. The first kappa shape index (κ1) is 14.1. The molecule has 2 aromatic rings. The van der Waals surface area contributed by atoms with E-state index in [0.29, 0.717) is 5.92 Å². The zero-order valence-electron chi connectivity index (χ0n) is 12.2. The molecule has 1 aliphatic carbocycles. The molecule has 0 aromatic carbocycles. The van der Waals surface area contributed by atoms with Crippen LogP contribution in [-0.2, 0) is 6.42 Å². The van der Waals surface area contributed by atoms with Gasteiger partial charge in [0.1, 0.15) is 5.82 Å². The quantitative estimate of drug-likeness (QED) is 0.915. The largest absolute Gasteiger partial charge is 0.308 e. The second-order valence-corrected chi connectivity index (χ2v) is 5.53. The van der Waals surface area contributed by atoms with Crippen molar-refractivity contribution in [2.75, 3.05) is 6.54 Å². The molecule has 0 bridgehead atoms. The van der Waals surface area contributed by atoms with Crippen LogP contribution in [0.1, 0.15) is 48.7 Å². The molecule has 2 atom stereocenters. The van der Waals surface area contributed by atoms with Crippen LogP contribution in [0.2, 0.25) is 0 Å². The van der Waals surface area contributed by atoms with E-state index in [1.165, 1.54) is 17.8 Å². The third kappa shape index (κ3) is 2.95. The summed E-state index contributed by atoms with van der Waals surface area (Å²) < 4.78 is 13.1. The van der Waals surface area contributed by atoms with Crippen LogP contribution in [0.3, 0.4) is 0 Å². The molecule has 0 radical (unpaired) electrons. The molecule has 3 nitrogen and oxygen atoms in total. The van der Waals surface area contributed by atoms with E-state index < -0.39 is 0 Å². The molecule has 21 heavy (non-hydrogen) atoms. The maximum absolute atomic E-state index is 13.1. The summed E-state index contributed by atoms with van der Waals surface area (Å²) in [6.07, 6.45) is 6.32. The molecule has 2 heterocycles. The lowest BCUT2D eigenvalue weighted by atomic mass is 9.93. The predicted octanol–water partition coefficient (Wildman–Crippen LogP) is 3.39. The van der Waals surface area contributed by atoms with Crippen molar-refractivity contribution in [2.45, 2.75) is 38.1 Å². The Bertz CT molecular complexity index is 597. The Balaban J connectivity index is 1.91. The molecule has 0 amide bonds. The zero-order chi connectivity index (χ0) is 14.7. The Morgan fingerprint density at radius 1 is 1.33 bits per heavy atom. The van der Waals surface area contributed by atoms with Crippen molar-refractivity contribution in [1.29, 1.82) is 0 Å². The predicted molar refractivity (Wildman–Crippen MR) is 80.5 cm³/mol. The van der Waals surface area contributed by atoms with E-state index in [-0.39, 0.29) is 11.9 Å². The van der Waals surface area contributed by atoms with E-state index in [4.69, 9.17) is 0 Å². The highest BCUT2D eigenvalue weighted by molar-refractivity contribution is 5.32. The minimum absolute atomic E-state index is 0.0988. The Labute approximate surface area is 124 Å². The number of nitrogens with one attached hydrogen (secondary N) is 1. The van der Waals surface area contributed by atoms with Gasteiger partial charge < -0.3 is 5.32 Å². The van der Waals surface area contributed by atoms with Gasteiger partial charge in [0.15, 0.2) is 0 Å². The number of pyridine rings is 2. The van der Waals surface area contributed by atoms with Gasteiger partial charge in [-0.15, -0.1) is 0 Å². The summed E-state index contributed by atoms with van der Waals surface area (Å²) in [5.74, 6) is 0.0173. The molecule has 2 aromatic heterocycles. The van der Waals surface area contributed by atoms with Gasteiger partial charge in [-0.1, -0.05) is 13.0 Å². The summed E-state index contributed by atoms with van der Waals surface area (Å²) in [6.45, 7) is 3.06. The van der Waals surface area contributed by atoms with Crippen molar-refractivity contribution in [3.8, 4) is 0 Å². The van der Waals surface area contributed by atoms with E-state index >= 15 is 0 Å². The maximum atomic E-state index is 13.1. The number of fused-ring (bicyclic) bond motifs is 1. The van der Waals surface area contributed by atoms with Gasteiger partial charge in [-0.3, -0.25) is 9.97 Å². The number of hydrogen-bond donors (Lipinski definition) is 1. The Hall–Kier alpha value is -1.81. The van der Waals surface area contributed by atoms with Gasteiger partial charge in [0.2, 0.25) is 0 Å². The van der Waals surface area contributed by atoms with E-state index in [0.717, 1.165) is 37.2 Å². The molecule has 0 saturated carbocycles. The average molecular weight is 285 g/mol. The SMILES string of the molecule is CCCNC(c1ccc(F)cn1)C1CCc2cccnc21. The van der Waals surface area contributed by atoms with Crippen LogP contribution in [-0.4, -0.2) is 16.5 Å². The number of rotatable bonds is 5. The van der Waals surface area contributed by atoms with Crippen LogP contribution in [0.4, 0.5) is 4.39 Å². The van der Waals surface area contributed by atoms with Crippen molar-refractivity contribution >= 4 is 0 Å². The second kappa shape index (κ2) is 6.31. The average Bonchev–Trinajstić information content (AvgIpc) is 2.93. The van der Waals surface area contributed by atoms with Gasteiger partial charge in [-0.2, -0.15) is 0 Å². The molecule has 1 aliphatic rings. The van der Waals surface area contributed by atoms with Crippen LogP contribution >= 0.6 is 0 Å². The molecular formula is C17H20FN3. The Morgan fingerprint density at radius 3 is 3.00 bits per heavy atom. The summed E-state index contributed by atoms with van der Waals surface area (Å²) in [6, 6.07) is 7.51. The molecule has 0 spiro atoms. The van der Waals surface area contributed by atoms with E-state index in [2.05, 4.69) is 28.3 Å². The van der Waals surface area contributed by atoms with Crippen LogP contribution < -0.4 is 5.32 Å². The van der Waals surface area contributed by atoms with Crippen LogP contribution in [0, 0.1) is 5.82 Å². The first-order valence-electron chi connectivity index (χ1n) is 7.58. The van der Waals surface area contributed by atoms with Crippen molar-refractivity contribution in [2.24, 2.45) is 0 Å². The highest BCUT2D eigenvalue weighted by atomic mass is 19.1. The van der Waals surface area contributed by atoms with E-state index in [1.807, 2.05) is 12.3 Å². The summed E-state index contributed by atoms with van der Waals surface area (Å²) >= 11 is 0. The van der Waals surface area contributed by atoms with Crippen molar-refractivity contribution < 1.29 is 4.39 Å². The summed E-state index contributed by atoms with van der Waals surface area (Å²) in [5.41, 5.74) is 3.39. The Morgan fingerprint density at radius 2 is 2.24 bits per heavy atom. The minimum atomic E-state index is -0.294. The fourth-order valence-electron chi connectivity index (χ4n) is 3.09. The number of aromatic nitrogens is 2. The van der Waals surface area contributed by atoms with Crippen molar-refractivity contribution in [3.05, 3.63) is 59.4 Å². The minimum Gasteiger partial charge on any atom is -0.308 e. The van der Waals surface area contributed by atoms with Gasteiger partial charge in [0.05, 0.1) is 17.9 Å². The van der Waals surface area contributed by atoms with E-state index in [1.54, 1.807) is 6.07 Å². The highest BCUT2D eigenvalue weighted by Gasteiger charge is 2.32. The summed E-state index contributed by atoms with van der Waals surface area (Å²) in [7, 11) is 0. The van der Waals surface area contributed by atoms with Crippen LogP contribution in [0.15, 0.2) is 36.7 Å². The lowest BCUT2D eigenvalue weighted by molar-refractivity contribution is 0.427. The molecule has 2 unspecified atom stereocenters. The molecule has 0 fully saturated rings. The van der Waals surface area contributed by atoms with Gasteiger partial charge in [0, 0.05) is 17.8 Å². The first-order valence-corrected chi connectivity index (χ1v) is 7.58. The van der Waals surface area contributed by atoms with Gasteiger partial charge in [0.25, 0.3) is 0 Å². The Kier molecular flexibility index (Phi) is 4.25. The number of hydrogen-bond acceptors (Lipinski definition) is 3. The fourth-order valence-corrected chi connectivity index (χ4v) is 3.09. The third-order valence-electron chi connectivity index (χ3n) is 4.09. The summed E-state index contributed by atoms with van der Waals surface area (Å²) in [4.78, 5) is 8.85. The topological polar surface area (TPSA) is 37.8 Å². The lowest BCUT2D eigenvalue weighted by Crippen LogP contribution is -2.28. The number of nitrogens with zero attached hydrogens (tertiary/aromatic N) is 2. The summed E-state index contributed by atoms with van der Waals surface area (Å²) in [5, 5.41) is 3.56. The molecule has 110 valence electrons. The van der Waals surface area contributed by atoms with Gasteiger partial charge in [-0.05, 0) is 49.6 Å². The molecule has 1 N–H and O–H groups in total. The monoisotopic (exact) mass is 285 g/mol. The lowest BCUT2D eigenvalue weighted by Gasteiger charge is -2.24. The van der Waals surface area contributed by atoms with Crippen LogP contribution in [0.25, 0.3) is 0 Å². The maximum Gasteiger partial charge on any atom is 0.141 e. The second-order valence-electron chi connectivity index (χ2n) is 5.53. The molecule has 3 rings (SSSR count).